The van der Waals surface area contributed by atoms with Gasteiger partial charge in [0.25, 0.3) is 0 Å². The third kappa shape index (κ3) is 8.04. The average Bonchev–Trinajstić information content (AvgIpc) is 2.85. The summed E-state index contributed by atoms with van der Waals surface area (Å²) < 4.78 is 0. The van der Waals surface area contributed by atoms with Gasteiger partial charge in [-0.25, -0.2) is 4.98 Å². The van der Waals surface area contributed by atoms with Crippen LogP contribution in [0.2, 0.25) is 0 Å². The molecule has 0 amide bonds. The second-order valence-corrected chi connectivity index (χ2v) is 6.16. The summed E-state index contributed by atoms with van der Waals surface area (Å²) in [6, 6.07) is 0. The number of nitrogens with one attached hydrogen (secondary N) is 2. The van der Waals surface area contributed by atoms with Crippen LogP contribution in [0.1, 0.15) is 43.5 Å². The number of aryl methyl sites for hydroxylation is 1. The Morgan fingerprint density at radius 3 is 2.70 bits per heavy atom. The summed E-state index contributed by atoms with van der Waals surface area (Å²) in [5, 5.41) is 7.74. The molecule has 1 aromatic heterocycles. The van der Waals surface area contributed by atoms with Crippen molar-refractivity contribution in [1.82, 2.24) is 15.6 Å². The third-order valence-corrected chi connectivity index (χ3v) is 3.97. The highest BCUT2D eigenvalue weighted by Gasteiger charge is 2.02. The molecule has 0 aliphatic carbocycles. The van der Waals surface area contributed by atoms with Gasteiger partial charge in [-0.2, -0.15) is 0 Å². The number of guanidine groups is 1. The molecular formula is C14H27IN4S. The summed E-state index contributed by atoms with van der Waals surface area (Å²) >= 11 is 1.76. The molecule has 0 bridgehead atoms. The van der Waals surface area contributed by atoms with Crippen LogP contribution in [0.5, 0.6) is 0 Å². The van der Waals surface area contributed by atoms with Gasteiger partial charge in [-0.15, -0.1) is 35.3 Å². The lowest BCUT2D eigenvalue weighted by Crippen LogP contribution is -2.37. The minimum Gasteiger partial charge on any atom is -0.356 e. The molecule has 0 aliphatic rings. The Balaban J connectivity index is 0.00000361. The second-order valence-electron chi connectivity index (χ2n) is 4.96. The molecule has 6 heteroatoms. The number of nitrogens with zero attached hydrogens (tertiary/aromatic N) is 2. The van der Waals surface area contributed by atoms with E-state index >= 15 is 0 Å². The molecule has 2 N–H and O–H groups in total. The topological polar surface area (TPSA) is 49.3 Å². The first-order valence-corrected chi connectivity index (χ1v) is 7.85. The standard InChI is InChI=1S/C14H26N4S.HI/c1-5-12-9-17-13(19-12)10-18-14(15-4)16-8-6-7-11(2)3;/h9,11H,5-8,10H2,1-4H3,(H2,15,16,18);1H. The Morgan fingerprint density at radius 1 is 1.40 bits per heavy atom. The smallest absolute Gasteiger partial charge is 0.191 e. The third-order valence-electron chi connectivity index (χ3n) is 2.83. The lowest BCUT2D eigenvalue weighted by molar-refractivity contribution is 0.549. The van der Waals surface area contributed by atoms with E-state index in [9.17, 15) is 0 Å². The molecule has 0 atom stereocenters. The molecule has 4 nitrogen and oxygen atoms in total. The molecule has 0 saturated heterocycles. The highest BCUT2D eigenvalue weighted by Crippen LogP contribution is 2.12. The number of aliphatic imine (C=N–C) groups is 1. The number of halogens is 1. The van der Waals surface area contributed by atoms with Crippen molar-refractivity contribution in [2.45, 2.75) is 46.6 Å². The van der Waals surface area contributed by atoms with Crippen LogP contribution in [-0.2, 0) is 13.0 Å². The van der Waals surface area contributed by atoms with Gasteiger partial charge < -0.3 is 10.6 Å². The lowest BCUT2D eigenvalue weighted by Gasteiger charge is -2.11. The summed E-state index contributed by atoms with van der Waals surface area (Å²) in [5.74, 6) is 1.62. The van der Waals surface area contributed by atoms with Gasteiger partial charge in [0, 0.05) is 24.7 Å². The lowest BCUT2D eigenvalue weighted by atomic mass is 10.1. The van der Waals surface area contributed by atoms with Crippen LogP contribution in [0.15, 0.2) is 11.2 Å². The molecule has 1 rings (SSSR count). The van der Waals surface area contributed by atoms with E-state index in [4.69, 9.17) is 0 Å². The maximum atomic E-state index is 4.39. The monoisotopic (exact) mass is 410 g/mol. The zero-order chi connectivity index (χ0) is 14.1. The summed E-state index contributed by atoms with van der Waals surface area (Å²) in [6.45, 7) is 8.37. The maximum absolute atomic E-state index is 4.39. The molecule has 0 aromatic carbocycles. The first-order valence-electron chi connectivity index (χ1n) is 7.03. The molecule has 0 unspecified atom stereocenters. The van der Waals surface area contributed by atoms with E-state index in [1.807, 2.05) is 6.20 Å². The van der Waals surface area contributed by atoms with Gasteiger partial charge in [0.05, 0.1) is 6.54 Å². The van der Waals surface area contributed by atoms with E-state index in [0.717, 1.165) is 36.4 Å². The molecular weight excluding hydrogens is 383 g/mol. The molecule has 20 heavy (non-hydrogen) atoms. The number of hydrogen-bond donors (Lipinski definition) is 2. The Labute approximate surface area is 143 Å². The van der Waals surface area contributed by atoms with Gasteiger partial charge in [-0.05, 0) is 25.2 Å². The van der Waals surface area contributed by atoms with Crippen molar-refractivity contribution in [2.75, 3.05) is 13.6 Å². The van der Waals surface area contributed by atoms with Crippen LogP contribution in [-0.4, -0.2) is 24.5 Å². The predicted molar refractivity (Wildman–Crippen MR) is 99.2 cm³/mol. The van der Waals surface area contributed by atoms with Crippen molar-refractivity contribution < 1.29 is 0 Å². The van der Waals surface area contributed by atoms with Crippen LogP contribution in [0.3, 0.4) is 0 Å². The molecule has 0 radical (unpaired) electrons. The number of aromatic nitrogens is 1. The van der Waals surface area contributed by atoms with Crippen molar-refractivity contribution >= 4 is 41.3 Å². The summed E-state index contributed by atoms with van der Waals surface area (Å²) in [7, 11) is 1.80. The van der Waals surface area contributed by atoms with Crippen molar-refractivity contribution in [3.05, 3.63) is 16.1 Å². The Bertz CT molecular complexity index is 390. The van der Waals surface area contributed by atoms with E-state index in [-0.39, 0.29) is 24.0 Å². The van der Waals surface area contributed by atoms with Crippen molar-refractivity contribution in [2.24, 2.45) is 10.9 Å². The first kappa shape index (κ1) is 19.6. The van der Waals surface area contributed by atoms with Crippen LogP contribution in [0.4, 0.5) is 0 Å². The van der Waals surface area contributed by atoms with Crippen molar-refractivity contribution in [3.63, 3.8) is 0 Å². The fraction of sp³-hybridized carbons (Fsp3) is 0.714. The normalized spacial score (nSPS) is 11.3. The van der Waals surface area contributed by atoms with Crippen LogP contribution < -0.4 is 10.6 Å². The van der Waals surface area contributed by atoms with E-state index in [2.05, 4.69) is 41.4 Å². The molecule has 0 spiro atoms. The molecule has 0 aliphatic heterocycles. The van der Waals surface area contributed by atoms with Gasteiger partial charge in [0.2, 0.25) is 0 Å². The SMILES string of the molecule is CCc1cnc(CNC(=NC)NCCCC(C)C)s1.I. The van der Waals surface area contributed by atoms with E-state index in [1.165, 1.54) is 17.7 Å². The van der Waals surface area contributed by atoms with E-state index < -0.39 is 0 Å². The van der Waals surface area contributed by atoms with Crippen LogP contribution in [0.25, 0.3) is 0 Å². The van der Waals surface area contributed by atoms with Gasteiger partial charge in [-0.3, -0.25) is 4.99 Å². The fourth-order valence-electron chi connectivity index (χ4n) is 1.69. The Kier molecular flexibility index (Phi) is 11.1. The quantitative estimate of drug-likeness (QED) is 0.314. The van der Waals surface area contributed by atoms with Gasteiger partial charge in [0.1, 0.15) is 5.01 Å². The second kappa shape index (κ2) is 11.3. The largest absolute Gasteiger partial charge is 0.356 e. The average molecular weight is 410 g/mol. The van der Waals surface area contributed by atoms with Crippen molar-refractivity contribution in [1.29, 1.82) is 0 Å². The maximum Gasteiger partial charge on any atom is 0.191 e. The summed E-state index contributed by atoms with van der Waals surface area (Å²) in [6.07, 6.45) is 5.44. The first-order chi connectivity index (χ1) is 9.15. The van der Waals surface area contributed by atoms with Gasteiger partial charge >= 0.3 is 0 Å². The van der Waals surface area contributed by atoms with Crippen molar-refractivity contribution in [3.8, 4) is 0 Å². The molecule has 0 fully saturated rings. The number of hydrogen-bond acceptors (Lipinski definition) is 3. The molecule has 1 heterocycles. The Hall–Kier alpha value is -0.370. The molecule has 116 valence electrons. The zero-order valence-corrected chi connectivity index (χ0v) is 16.0. The number of rotatable bonds is 7. The highest BCUT2D eigenvalue weighted by atomic mass is 127. The fourth-order valence-corrected chi connectivity index (χ4v) is 2.49. The molecule has 1 aromatic rings. The van der Waals surface area contributed by atoms with E-state index in [0.29, 0.717) is 0 Å². The summed E-state index contributed by atoms with van der Waals surface area (Å²) in [4.78, 5) is 9.93. The van der Waals surface area contributed by atoms with Crippen LogP contribution in [0, 0.1) is 5.92 Å². The van der Waals surface area contributed by atoms with E-state index in [1.54, 1.807) is 18.4 Å². The predicted octanol–water partition coefficient (Wildman–Crippen LogP) is 3.42. The zero-order valence-electron chi connectivity index (χ0n) is 12.9. The highest BCUT2D eigenvalue weighted by molar-refractivity contribution is 14.0. The van der Waals surface area contributed by atoms with Gasteiger partial charge in [-0.1, -0.05) is 20.8 Å². The minimum absolute atomic E-state index is 0. The van der Waals surface area contributed by atoms with Gasteiger partial charge in [0.15, 0.2) is 5.96 Å². The number of thiazole rings is 1. The Morgan fingerprint density at radius 2 is 2.15 bits per heavy atom. The molecule has 0 saturated carbocycles. The minimum atomic E-state index is 0. The van der Waals surface area contributed by atoms with Crippen LogP contribution >= 0.6 is 35.3 Å². The summed E-state index contributed by atoms with van der Waals surface area (Å²) in [5.41, 5.74) is 0.